The van der Waals surface area contributed by atoms with Gasteiger partial charge in [0.25, 0.3) is 0 Å². The Balaban J connectivity index is 1.62. The van der Waals surface area contributed by atoms with Gasteiger partial charge in [0, 0.05) is 18.8 Å². The summed E-state index contributed by atoms with van der Waals surface area (Å²) in [5.41, 5.74) is 3.01. The van der Waals surface area contributed by atoms with Crippen LogP contribution in [-0.4, -0.2) is 37.6 Å². The molecule has 26 heavy (non-hydrogen) atoms. The van der Waals surface area contributed by atoms with Gasteiger partial charge in [-0.05, 0) is 49.2 Å². The number of rotatable bonds is 6. The maximum absolute atomic E-state index is 12.7. The van der Waals surface area contributed by atoms with Gasteiger partial charge in [0.2, 0.25) is 5.91 Å². The highest BCUT2D eigenvalue weighted by molar-refractivity contribution is 5.95. The molecule has 2 aromatic carbocycles. The Morgan fingerprint density at radius 2 is 2.04 bits per heavy atom. The zero-order chi connectivity index (χ0) is 18.5. The van der Waals surface area contributed by atoms with E-state index in [4.69, 9.17) is 0 Å². The van der Waals surface area contributed by atoms with Crippen LogP contribution in [0.4, 0.5) is 14.5 Å². The van der Waals surface area contributed by atoms with Gasteiger partial charge in [0.1, 0.15) is 5.75 Å². The number of fused-ring (bicyclic) bond motifs is 1. The van der Waals surface area contributed by atoms with Gasteiger partial charge in [-0.15, -0.1) is 0 Å². The van der Waals surface area contributed by atoms with Crippen molar-refractivity contribution in [3.63, 3.8) is 0 Å². The summed E-state index contributed by atoms with van der Waals surface area (Å²) >= 11 is 0. The van der Waals surface area contributed by atoms with Crippen LogP contribution in [0.25, 0.3) is 0 Å². The lowest BCUT2D eigenvalue weighted by Crippen LogP contribution is -2.41. The summed E-state index contributed by atoms with van der Waals surface area (Å²) in [6.45, 7) is -1.39. The van der Waals surface area contributed by atoms with Crippen LogP contribution in [0.1, 0.15) is 17.5 Å². The summed E-state index contributed by atoms with van der Waals surface area (Å²) in [5, 5.41) is 0. The van der Waals surface area contributed by atoms with Gasteiger partial charge in [0.15, 0.2) is 0 Å². The van der Waals surface area contributed by atoms with Gasteiger partial charge < -0.3 is 9.64 Å². The summed E-state index contributed by atoms with van der Waals surface area (Å²) in [7, 11) is 1.84. The van der Waals surface area contributed by atoms with E-state index >= 15 is 0 Å². The number of nitrogens with zero attached hydrogens (tertiary/aromatic N) is 2. The van der Waals surface area contributed by atoms with Crippen molar-refractivity contribution in [2.75, 3.05) is 25.0 Å². The lowest BCUT2D eigenvalue weighted by atomic mass is 10.0. The van der Waals surface area contributed by atoms with Crippen LogP contribution in [0.3, 0.4) is 0 Å². The minimum atomic E-state index is -2.84. The van der Waals surface area contributed by atoms with Gasteiger partial charge in [-0.3, -0.25) is 9.69 Å². The van der Waals surface area contributed by atoms with Crippen LogP contribution in [0.5, 0.6) is 5.75 Å². The molecule has 1 aliphatic heterocycles. The molecule has 138 valence electrons. The number of benzene rings is 2. The SMILES string of the molecule is CN(CC(=O)N1CCCc2ccccc21)Cc1cccc(OC(F)F)c1. The smallest absolute Gasteiger partial charge is 0.387 e. The first-order valence-electron chi connectivity index (χ1n) is 8.63. The van der Waals surface area contributed by atoms with Crippen molar-refractivity contribution in [3.05, 3.63) is 59.7 Å². The van der Waals surface area contributed by atoms with Crippen molar-refractivity contribution in [2.24, 2.45) is 0 Å². The predicted molar refractivity (Wildman–Crippen MR) is 96.5 cm³/mol. The summed E-state index contributed by atoms with van der Waals surface area (Å²) in [6, 6.07) is 14.6. The van der Waals surface area contributed by atoms with Gasteiger partial charge in [0.05, 0.1) is 6.54 Å². The fraction of sp³-hybridized carbons (Fsp3) is 0.350. The number of likely N-dealkylation sites (N-methyl/N-ethyl adjacent to an activating group) is 1. The molecular formula is C20H22F2N2O2. The topological polar surface area (TPSA) is 32.8 Å². The Morgan fingerprint density at radius 3 is 2.85 bits per heavy atom. The van der Waals surface area contributed by atoms with E-state index < -0.39 is 6.61 Å². The molecule has 3 rings (SSSR count). The molecule has 0 radical (unpaired) electrons. The first kappa shape index (κ1) is 18.3. The second-order valence-corrected chi connectivity index (χ2v) is 6.48. The fourth-order valence-electron chi connectivity index (χ4n) is 3.30. The Labute approximate surface area is 152 Å². The van der Waals surface area contributed by atoms with Crippen molar-refractivity contribution < 1.29 is 18.3 Å². The number of amides is 1. The van der Waals surface area contributed by atoms with E-state index in [0.29, 0.717) is 6.54 Å². The Morgan fingerprint density at radius 1 is 1.23 bits per heavy atom. The molecule has 0 spiro atoms. The zero-order valence-electron chi connectivity index (χ0n) is 14.7. The molecule has 1 aliphatic rings. The predicted octanol–water partition coefficient (Wildman–Crippen LogP) is 3.70. The molecule has 1 heterocycles. The molecule has 0 aliphatic carbocycles. The molecule has 0 bridgehead atoms. The lowest BCUT2D eigenvalue weighted by molar-refractivity contribution is -0.119. The number of para-hydroxylation sites is 1. The average molecular weight is 360 g/mol. The molecule has 0 saturated carbocycles. The van der Waals surface area contributed by atoms with Crippen LogP contribution in [0.15, 0.2) is 48.5 Å². The van der Waals surface area contributed by atoms with Gasteiger partial charge in [-0.1, -0.05) is 30.3 Å². The number of ether oxygens (including phenoxy) is 1. The maximum Gasteiger partial charge on any atom is 0.387 e. The molecule has 2 aromatic rings. The monoisotopic (exact) mass is 360 g/mol. The number of hydrogen-bond donors (Lipinski definition) is 0. The molecule has 1 amide bonds. The number of carbonyl (C=O) groups is 1. The molecule has 4 nitrogen and oxygen atoms in total. The third-order valence-electron chi connectivity index (χ3n) is 4.39. The summed E-state index contributed by atoms with van der Waals surface area (Å²) in [5.74, 6) is 0.168. The highest BCUT2D eigenvalue weighted by Crippen LogP contribution is 2.26. The second-order valence-electron chi connectivity index (χ2n) is 6.48. The normalized spacial score (nSPS) is 13.8. The molecule has 0 N–H and O–H groups in total. The minimum Gasteiger partial charge on any atom is -0.435 e. The number of halogens is 2. The van der Waals surface area contributed by atoms with Crippen LogP contribution in [0, 0.1) is 0 Å². The quantitative estimate of drug-likeness (QED) is 0.788. The molecule has 6 heteroatoms. The van der Waals surface area contributed by atoms with Gasteiger partial charge >= 0.3 is 6.61 Å². The van der Waals surface area contributed by atoms with Crippen LogP contribution < -0.4 is 9.64 Å². The van der Waals surface area contributed by atoms with Crippen molar-refractivity contribution in [1.29, 1.82) is 0 Å². The fourth-order valence-corrected chi connectivity index (χ4v) is 3.30. The second kappa shape index (κ2) is 8.27. The number of aryl methyl sites for hydroxylation is 1. The van der Waals surface area contributed by atoms with E-state index in [1.807, 2.05) is 41.1 Å². The van der Waals surface area contributed by atoms with Crippen molar-refractivity contribution in [2.45, 2.75) is 26.0 Å². The number of hydrogen-bond acceptors (Lipinski definition) is 3. The Kier molecular flexibility index (Phi) is 5.83. The Bertz CT molecular complexity index is 767. The zero-order valence-corrected chi connectivity index (χ0v) is 14.7. The minimum absolute atomic E-state index is 0.0413. The van der Waals surface area contributed by atoms with E-state index in [-0.39, 0.29) is 18.2 Å². The van der Waals surface area contributed by atoms with Crippen molar-refractivity contribution >= 4 is 11.6 Å². The molecule has 0 fully saturated rings. The number of carbonyl (C=O) groups excluding carboxylic acids is 1. The molecule has 0 atom stereocenters. The largest absolute Gasteiger partial charge is 0.435 e. The summed E-state index contributed by atoms with van der Waals surface area (Å²) in [6.07, 6.45) is 1.95. The number of anilines is 1. The van der Waals surface area contributed by atoms with Gasteiger partial charge in [-0.2, -0.15) is 8.78 Å². The standard InChI is InChI=1S/C20H22F2N2O2/c1-23(13-15-6-4-9-17(12-15)26-20(21)22)14-19(25)24-11-5-8-16-7-2-3-10-18(16)24/h2-4,6-7,9-10,12,20H,5,8,11,13-14H2,1H3. The van der Waals surface area contributed by atoms with E-state index in [9.17, 15) is 13.6 Å². The van der Waals surface area contributed by atoms with Crippen LogP contribution >= 0.6 is 0 Å². The van der Waals surface area contributed by atoms with E-state index in [0.717, 1.165) is 30.6 Å². The third-order valence-corrected chi connectivity index (χ3v) is 4.39. The molecular weight excluding hydrogens is 338 g/mol. The highest BCUT2D eigenvalue weighted by Gasteiger charge is 2.22. The highest BCUT2D eigenvalue weighted by atomic mass is 19.3. The molecule has 0 aromatic heterocycles. The summed E-state index contributed by atoms with van der Waals surface area (Å²) in [4.78, 5) is 16.4. The lowest BCUT2D eigenvalue weighted by Gasteiger charge is -2.31. The van der Waals surface area contributed by atoms with Crippen molar-refractivity contribution in [1.82, 2.24) is 4.90 Å². The van der Waals surface area contributed by atoms with E-state index in [1.165, 1.54) is 11.6 Å². The first-order chi connectivity index (χ1) is 12.5. The molecule has 0 unspecified atom stereocenters. The first-order valence-corrected chi connectivity index (χ1v) is 8.63. The average Bonchev–Trinajstić information content (AvgIpc) is 2.60. The third kappa shape index (κ3) is 4.58. The number of alkyl halides is 2. The van der Waals surface area contributed by atoms with E-state index in [2.05, 4.69) is 10.8 Å². The van der Waals surface area contributed by atoms with E-state index in [1.54, 1.807) is 12.1 Å². The summed E-state index contributed by atoms with van der Waals surface area (Å²) < 4.78 is 29.1. The van der Waals surface area contributed by atoms with Crippen LogP contribution in [0.2, 0.25) is 0 Å². The molecule has 0 saturated heterocycles. The van der Waals surface area contributed by atoms with Gasteiger partial charge in [-0.25, -0.2) is 0 Å². The Hall–Kier alpha value is -2.47. The van der Waals surface area contributed by atoms with Crippen LogP contribution in [-0.2, 0) is 17.8 Å². The maximum atomic E-state index is 12.7. The van der Waals surface area contributed by atoms with Crippen molar-refractivity contribution in [3.8, 4) is 5.75 Å².